The van der Waals surface area contributed by atoms with E-state index < -0.39 is 0 Å². The molecule has 0 bridgehead atoms. The van der Waals surface area contributed by atoms with Crippen molar-refractivity contribution in [3.8, 4) is 0 Å². The molecule has 0 radical (unpaired) electrons. The smallest absolute Gasteiger partial charge is 0.146 e. The third kappa shape index (κ3) is 1.50. The van der Waals surface area contributed by atoms with E-state index >= 15 is 0 Å². The topological polar surface area (TPSA) is 12.0 Å². The van der Waals surface area contributed by atoms with E-state index in [1.165, 1.54) is 0 Å². The summed E-state index contributed by atoms with van der Waals surface area (Å²) in [5, 5.41) is 2.79. The van der Waals surface area contributed by atoms with Crippen molar-refractivity contribution < 1.29 is 4.39 Å². The molecule has 1 rings (SSSR count). The quantitative estimate of drug-likeness (QED) is 0.653. The largest absolute Gasteiger partial charge is 0.386 e. The summed E-state index contributed by atoms with van der Waals surface area (Å²) in [6, 6.07) is 3.35. The first-order chi connectivity index (χ1) is 5.15. The summed E-state index contributed by atoms with van der Waals surface area (Å²) in [6.07, 6.45) is 0. The highest BCUT2D eigenvalue weighted by molar-refractivity contribution is 5.48. The van der Waals surface area contributed by atoms with Crippen LogP contribution in [0, 0.1) is 19.7 Å². The summed E-state index contributed by atoms with van der Waals surface area (Å²) in [7, 11) is 1.72. The van der Waals surface area contributed by atoms with Gasteiger partial charge in [-0.3, -0.25) is 0 Å². The normalized spacial score (nSPS) is 9.82. The summed E-state index contributed by atoms with van der Waals surface area (Å²) in [6.45, 7) is 3.87. The fourth-order valence-corrected chi connectivity index (χ4v) is 0.973. The van der Waals surface area contributed by atoms with Crippen LogP contribution in [0.3, 0.4) is 0 Å². The average molecular weight is 153 g/mol. The fourth-order valence-electron chi connectivity index (χ4n) is 0.973. The Bertz CT molecular complexity index is 269. The molecule has 0 spiro atoms. The highest BCUT2D eigenvalue weighted by Gasteiger charge is 2.01. The van der Waals surface area contributed by atoms with Gasteiger partial charge in [0, 0.05) is 7.05 Å². The van der Waals surface area contributed by atoms with E-state index in [1.807, 2.05) is 19.9 Å². The molecule has 0 aliphatic rings. The number of nitrogens with one attached hydrogen (secondary N) is 1. The maximum absolute atomic E-state index is 13.0. The van der Waals surface area contributed by atoms with Gasteiger partial charge in [-0.15, -0.1) is 0 Å². The molecule has 1 aromatic rings. The first-order valence-corrected chi connectivity index (χ1v) is 3.59. The first-order valence-electron chi connectivity index (χ1n) is 3.59. The highest BCUT2D eigenvalue weighted by atomic mass is 19.1. The van der Waals surface area contributed by atoms with Crippen molar-refractivity contribution in [1.29, 1.82) is 0 Å². The lowest BCUT2D eigenvalue weighted by atomic mass is 10.1. The molecule has 1 N–H and O–H groups in total. The number of benzene rings is 1. The molecule has 11 heavy (non-hydrogen) atoms. The van der Waals surface area contributed by atoms with E-state index in [-0.39, 0.29) is 5.82 Å². The number of anilines is 1. The molecule has 0 saturated carbocycles. The van der Waals surface area contributed by atoms with Crippen molar-refractivity contribution in [2.75, 3.05) is 12.4 Å². The molecule has 0 heterocycles. The molecule has 0 saturated heterocycles. The molecule has 1 nitrogen and oxygen atoms in total. The van der Waals surface area contributed by atoms with Crippen LogP contribution in [0.25, 0.3) is 0 Å². The van der Waals surface area contributed by atoms with Crippen molar-refractivity contribution in [1.82, 2.24) is 0 Å². The third-order valence-electron chi connectivity index (χ3n) is 1.85. The highest BCUT2D eigenvalue weighted by Crippen LogP contribution is 2.18. The van der Waals surface area contributed by atoms with Gasteiger partial charge in [0.1, 0.15) is 5.82 Å². The van der Waals surface area contributed by atoms with Crippen LogP contribution in [0.1, 0.15) is 11.1 Å². The lowest BCUT2D eigenvalue weighted by Crippen LogP contribution is -1.94. The number of rotatable bonds is 1. The van der Waals surface area contributed by atoms with Crippen LogP contribution in [0.15, 0.2) is 12.1 Å². The van der Waals surface area contributed by atoms with Gasteiger partial charge >= 0.3 is 0 Å². The number of hydrogen-bond acceptors (Lipinski definition) is 1. The SMILES string of the molecule is CNc1cc(C)c(C)cc1F. The zero-order valence-electron chi connectivity index (χ0n) is 7.03. The van der Waals surface area contributed by atoms with Crippen LogP contribution < -0.4 is 5.32 Å². The Labute approximate surface area is 66.2 Å². The molecule has 60 valence electrons. The van der Waals surface area contributed by atoms with E-state index in [0.29, 0.717) is 5.69 Å². The van der Waals surface area contributed by atoms with Gasteiger partial charge in [0.2, 0.25) is 0 Å². The minimum Gasteiger partial charge on any atom is -0.386 e. The van der Waals surface area contributed by atoms with Gasteiger partial charge in [0.05, 0.1) is 5.69 Å². The summed E-state index contributed by atoms with van der Waals surface area (Å²) >= 11 is 0. The van der Waals surface area contributed by atoms with Crippen molar-refractivity contribution in [2.24, 2.45) is 0 Å². The Hall–Kier alpha value is -1.05. The first kappa shape index (κ1) is 8.05. The van der Waals surface area contributed by atoms with E-state index in [9.17, 15) is 4.39 Å². The van der Waals surface area contributed by atoms with Crippen LogP contribution in [0.2, 0.25) is 0 Å². The zero-order valence-corrected chi connectivity index (χ0v) is 7.03. The maximum atomic E-state index is 13.0. The minimum atomic E-state index is -0.185. The van der Waals surface area contributed by atoms with E-state index in [4.69, 9.17) is 0 Å². The minimum absolute atomic E-state index is 0.185. The van der Waals surface area contributed by atoms with E-state index in [2.05, 4.69) is 5.32 Å². The predicted molar refractivity (Wildman–Crippen MR) is 45.4 cm³/mol. The zero-order chi connectivity index (χ0) is 8.43. The summed E-state index contributed by atoms with van der Waals surface area (Å²) in [5.41, 5.74) is 2.66. The van der Waals surface area contributed by atoms with Gasteiger partial charge in [-0.1, -0.05) is 0 Å². The van der Waals surface area contributed by atoms with E-state index in [0.717, 1.165) is 11.1 Å². The molecule has 0 aliphatic carbocycles. The van der Waals surface area contributed by atoms with Gasteiger partial charge in [0.15, 0.2) is 0 Å². The average Bonchev–Trinajstić information content (AvgIpc) is 1.97. The maximum Gasteiger partial charge on any atom is 0.146 e. The lowest BCUT2D eigenvalue weighted by molar-refractivity contribution is 0.629. The Kier molecular flexibility index (Phi) is 2.13. The predicted octanol–water partition coefficient (Wildman–Crippen LogP) is 2.48. The standard InChI is InChI=1S/C9H12FN/c1-6-4-8(10)9(11-3)5-7(6)2/h4-5,11H,1-3H3. The van der Waals surface area contributed by atoms with Crippen molar-refractivity contribution in [2.45, 2.75) is 13.8 Å². The van der Waals surface area contributed by atoms with Gasteiger partial charge in [-0.05, 0) is 37.1 Å². The molecule has 0 atom stereocenters. The van der Waals surface area contributed by atoms with Crippen LogP contribution in [0.5, 0.6) is 0 Å². The van der Waals surface area contributed by atoms with E-state index in [1.54, 1.807) is 13.1 Å². The van der Waals surface area contributed by atoms with Gasteiger partial charge in [0.25, 0.3) is 0 Å². The van der Waals surface area contributed by atoms with Gasteiger partial charge in [-0.2, -0.15) is 0 Å². The van der Waals surface area contributed by atoms with Crippen molar-refractivity contribution in [3.63, 3.8) is 0 Å². The Morgan fingerprint density at radius 1 is 1.18 bits per heavy atom. The summed E-state index contributed by atoms with van der Waals surface area (Å²) < 4.78 is 13.0. The second-order valence-corrected chi connectivity index (χ2v) is 2.67. The molecular formula is C9H12FN. The van der Waals surface area contributed by atoms with Crippen LogP contribution in [0.4, 0.5) is 10.1 Å². The van der Waals surface area contributed by atoms with Crippen LogP contribution >= 0.6 is 0 Å². The molecule has 0 aliphatic heterocycles. The van der Waals surface area contributed by atoms with Crippen molar-refractivity contribution in [3.05, 3.63) is 29.1 Å². The second-order valence-electron chi connectivity index (χ2n) is 2.67. The Balaban J connectivity index is 3.21. The van der Waals surface area contributed by atoms with Crippen molar-refractivity contribution >= 4 is 5.69 Å². The van der Waals surface area contributed by atoms with Crippen LogP contribution in [-0.2, 0) is 0 Å². The fraction of sp³-hybridized carbons (Fsp3) is 0.333. The Morgan fingerprint density at radius 3 is 2.27 bits per heavy atom. The van der Waals surface area contributed by atoms with Gasteiger partial charge < -0.3 is 5.32 Å². The molecular weight excluding hydrogens is 141 g/mol. The summed E-state index contributed by atoms with van der Waals surface area (Å²) in [4.78, 5) is 0. The molecule has 0 aromatic heterocycles. The van der Waals surface area contributed by atoms with Gasteiger partial charge in [-0.25, -0.2) is 4.39 Å². The second kappa shape index (κ2) is 2.91. The van der Waals surface area contributed by atoms with Crippen LogP contribution in [-0.4, -0.2) is 7.05 Å². The lowest BCUT2D eigenvalue weighted by Gasteiger charge is -2.05. The molecule has 0 fully saturated rings. The number of halogens is 1. The number of hydrogen-bond donors (Lipinski definition) is 1. The monoisotopic (exact) mass is 153 g/mol. The molecule has 2 heteroatoms. The molecule has 0 unspecified atom stereocenters. The number of aryl methyl sites for hydroxylation is 2. The molecule has 0 amide bonds. The Morgan fingerprint density at radius 2 is 1.73 bits per heavy atom. The third-order valence-corrected chi connectivity index (χ3v) is 1.85. The molecule has 1 aromatic carbocycles. The summed E-state index contributed by atoms with van der Waals surface area (Å²) in [5.74, 6) is -0.185.